The molecule has 2 rings (SSSR count). The van der Waals surface area contributed by atoms with Gasteiger partial charge in [0.2, 0.25) is 5.91 Å². The predicted octanol–water partition coefficient (Wildman–Crippen LogP) is 2.19. The minimum Gasteiger partial charge on any atom is -0.389 e. The van der Waals surface area contributed by atoms with E-state index >= 15 is 0 Å². The quantitative estimate of drug-likeness (QED) is 0.502. The molecule has 184 valence electrons. The summed E-state index contributed by atoms with van der Waals surface area (Å²) in [6, 6.07) is 1.58. The van der Waals surface area contributed by atoms with Gasteiger partial charge in [-0.25, -0.2) is 8.78 Å². The number of amides is 1. The Labute approximate surface area is 194 Å². The lowest BCUT2D eigenvalue weighted by atomic mass is 9.95. The van der Waals surface area contributed by atoms with Gasteiger partial charge in [-0.1, -0.05) is 20.8 Å². The lowest BCUT2D eigenvalue weighted by molar-refractivity contribution is -0.201. The number of hydrogen-bond acceptors (Lipinski definition) is 6. The maximum absolute atomic E-state index is 13.6. The molecule has 1 amide bonds. The standard InChI is InChI=1S/C22H34F2N2O5.ClH/c1-13-21(31-12-22(2,3)4)30-10-18(25-13)20(28)17(26-19(27)11-29-5)8-14-6-15(23)9-16(24)7-14;/h6-7,9,13,17-18,20-21,25,28H,8,10-12H2,1-5H3,(H,26,27);1H/t13-,17-,18+,20-,21-;/m0./s1. The van der Waals surface area contributed by atoms with Crippen LogP contribution < -0.4 is 10.6 Å². The predicted molar refractivity (Wildman–Crippen MR) is 119 cm³/mol. The van der Waals surface area contributed by atoms with Gasteiger partial charge in [0, 0.05) is 13.2 Å². The Hall–Kier alpha value is -1.36. The summed E-state index contributed by atoms with van der Waals surface area (Å²) in [5.74, 6) is -1.89. The Kier molecular flexibility index (Phi) is 11.4. The molecule has 32 heavy (non-hydrogen) atoms. The number of benzene rings is 1. The summed E-state index contributed by atoms with van der Waals surface area (Å²) in [7, 11) is 1.38. The normalized spacial score (nSPS) is 23.2. The second kappa shape index (κ2) is 12.8. The highest BCUT2D eigenvalue weighted by Crippen LogP contribution is 2.20. The van der Waals surface area contributed by atoms with Crippen LogP contribution in [-0.2, 0) is 25.4 Å². The number of ether oxygens (including phenoxy) is 3. The Morgan fingerprint density at radius 1 is 1.31 bits per heavy atom. The highest BCUT2D eigenvalue weighted by atomic mass is 35.5. The summed E-state index contributed by atoms with van der Waals surface area (Å²) in [6.45, 7) is 8.52. The van der Waals surface area contributed by atoms with Crippen molar-refractivity contribution in [2.45, 2.75) is 64.6 Å². The Morgan fingerprint density at radius 2 is 1.94 bits per heavy atom. The molecule has 5 atom stereocenters. The van der Waals surface area contributed by atoms with Crippen LogP contribution in [0.2, 0.25) is 0 Å². The van der Waals surface area contributed by atoms with E-state index in [0.29, 0.717) is 12.2 Å². The third kappa shape index (κ3) is 9.25. The molecule has 1 heterocycles. The van der Waals surface area contributed by atoms with Crippen LogP contribution in [0.25, 0.3) is 0 Å². The van der Waals surface area contributed by atoms with Gasteiger partial charge in [-0.15, -0.1) is 12.4 Å². The molecular weight excluding hydrogens is 446 g/mol. The van der Waals surface area contributed by atoms with Crippen molar-refractivity contribution in [3.05, 3.63) is 35.4 Å². The lowest BCUT2D eigenvalue weighted by Gasteiger charge is -2.40. The van der Waals surface area contributed by atoms with Crippen LogP contribution in [0.15, 0.2) is 18.2 Å². The number of aliphatic hydroxyl groups excluding tert-OH is 1. The van der Waals surface area contributed by atoms with Gasteiger partial charge in [-0.3, -0.25) is 4.79 Å². The summed E-state index contributed by atoms with van der Waals surface area (Å²) in [4.78, 5) is 12.1. The molecule has 0 bridgehead atoms. The smallest absolute Gasteiger partial charge is 0.246 e. The molecule has 0 aliphatic carbocycles. The third-order valence-electron chi connectivity index (χ3n) is 4.83. The summed E-state index contributed by atoms with van der Waals surface area (Å²) in [6.07, 6.45) is -1.53. The molecule has 1 aromatic carbocycles. The van der Waals surface area contributed by atoms with E-state index < -0.39 is 42.0 Å². The largest absolute Gasteiger partial charge is 0.389 e. The molecule has 0 saturated carbocycles. The Bertz CT molecular complexity index is 715. The number of morpholine rings is 1. The number of nitrogens with one attached hydrogen (secondary N) is 2. The summed E-state index contributed by atoms with van der Waals surface area (Å²) >= 11 is 0. The van der Waals surface area contributed by atoms with E-state index in [-0.39, 0.29) is 43.5 Å². The number of aliphatic hydroxyl groups is 1. The molecule has 0 spiro atoms. The topological polar surface area (TPSA) is 89.1 Å². The molecule has 3 N–H and O–H groups in total. The van der Waals surface area contributed by atoms with E-state index in [0.717, 1.165) is 6.07 Å². The first-order chi connectivity index (χ1) is 14.5. The van der Waals surface area contributed by atoms with Crippen molar-refractivity contribution in [2.75, 3.05) is 26.9 Å². The van der Waals surface area contributed by atoms with Gasteiger partial charge in [0.15, 0.2) is 6.29 Å². The Balaban J connectivity index is 0.00000512. The SMILES string of the molecule is COCC(=O)N[C@@H](Cc1cc(F)cc(F)c1)[C@H](O)[C@H]1CO[C@@H](OCC(C)(C)C)[C@H](C)N1.Cl. The molecule has 1 saturated heterocycles. The second-order valence-corrected chi connectivity index (χ2v) is 9.21. The zero-order valence-corrected chi connectivity index (χ0v) is 20.0. The molecule has 1 fully saturated rings. The maximum atomic E-state index is 13.6. The van der Waals surface area contributed by atoms with Gasteiger partial charge in [0.05, 0.1) is 37.4 Å². The average molecular weight is 481 g/mol. The number of carbonyl (C=O) groups excluding carboxylic acids is 1. The number of hydrogen-bond donors (Lipinski definition) is 3. The number of halogens is 3. The van der Waals surface area contributed by atoms with Gasteiger partial charge >= 0.3 is 0 Å². The average Bonchev–Trinajstić information content (AvgIpc) is 2.64. The minimum absolute atomic E-state index is 0. The van der Waals surface area contributed by atoms with Gasteiger partial charge in [-0.05, 0) is 36.5 Å². The minimum atomic E-state index is -1.09. The van der Waals surface area contributed by atoms with Gasteiger partial charge in [0.25, 0.3) is 0 Å². The highest BCUT2D eigenvalue weighted by Gasteiger charge is 2.36. The van der Waals surface area contributed by atoms with Crippen molar-refractivity contribution < 1.29 is 32.9 Å². The van der Waals surface area contributed by atoms with E-state index in [1.807, 2.05) is 6.92 Å². The van der Waals surface area contributed by atoms with E-state index in [1.165, 1.54) is 19.2 Å². The van der Waals surface area contributed by atoms with Gasteiger partial charge in [-0.2, -0.15) is 0 Å². The summed E-state index contributed by atoms with van der Waals surface area (Å²) in [5, 5.41) is 16.9. The first kappa shape index (κ1) is 28.7. The maximum Gasteiger partial charge on any atom is 0.246 e. The second-order valence-electron chi connectivity index (χ2n) is 9.21. The molecule has 7 nitrogen and oxygen atoms in total. The number of rotatable bonds is 9. The molecule has 1 aliphatic rings. The van der Waals surface area contributed by atoms with Crippen LogP contribution in [0.5, 0.6) is 0 Å². The first-order valence-electron chi connectivity index (χ1n) is 10.4. The summed E-state index contributed by atoms with van der Waals surface area (Å²) in [5.41, 5.74) is 0.298. The van der Waals surface area contributed by atoms with E-state index in [9.17, 15) is 18.7 Å². The van der Waals surface area contributed by atoms with Crippen molar-refractivity contribution >= 4 is 18.3 Å². The van der Waals surface area contributed by atoms with E-state index in [1.54, 1.807) is 0 Å². The van der Waals surface area contributed by atoms with Crippen LogP contribution in [-0.4, -0.2) is 68.5 Å². The zero-order valence-electron chi connectivity index (χ0n) is 19.2. The van der Waals surface area contributed by atoms with Crippen molar-refractivity contribution in [1.29, 1.82) is 0 Å². The van der Waals surface area contributed by atoms with Gasteiger partial charge < -0.3 is 30.0 Å². The van der Waals surface area contributed by atoms with Crippen molar-refractivity contribution in [3.63, 3.8) is 0 Å². The molecule has 1 aromatic rings. The van der Waals surface area contributed by atoms with Crippen LogP contribution in [0.3, 0.4) is 0 Å². The fourth-order valence-electron chi connectivity index (χ4n) is 3.43. The molecule has 0 aromatic heterocycles. The molecule has 0 unspecified atom stereocenters. The van der Waals surface area contributed by atoms with Crippen LogP contribution in [0.4, 0.5) is 8.78 Å². The van der Waals surface area contributed by atoms with Gasteiger partial charge in [0.1, 0.15) is 18.2 Å². The molecule has 0 radical (unpaired) electrons. The first-order valence-corrected chi connectivity index (χ1v) is 10.4. The van der Waals surface area contributed by atoms with Crippen LogP contribution >= 0.6 is 12.4 Å². The number of methoxy groups -OCH3 is 1. The monoisotopic (exact) mass is 480 g/mol. The van der Waals surface area contributed by atoms with Crippen molar-refractivity contribution in [3.8, 4) is 0 Å². The fourth-order valence-corrected chi connectivity index (χ4v) is 3.43. The van der Waals surface area contributed by atoms with E-state index in [4.69, 9.17) is 14.2 Å². The lowest BCUT2D eigenvalue weighted by Crippen LogP contribution is -2.62. The number of carbonyl (C=O) groups is 1. The summed E-state index contributed by atoms with van der Waals surface area (Å²) < 4.78 is 43.7. The highest BCUT2D eigenvalue weighted by molar-refractivity contribution is 5.85. The molecular formula is C22H35ClF2N2O5. The van der Waals surface area contributed by atoms with Crippen LogP contribution in [0.1, 0.15) is 33.3 Å². The third-order valence-corrected chi connectivity index (χ3v) is 4.83. The fraction of sp³-hybridized carbons (Fsp3) is 0.682. The zero-order chi connectivity index (χ0) is 23.2. The molecule has 1 aliphatic heterocycles. The van der Waals surface area contributed by atoms with Crippen molar-refractivity contribution in [2.24, 2.45) is 5.41 Å². The van der Waals surface area contributed by atoms with E-state index in [2.05, 4.69) is 31.4 Å². The van der Waals surface area contributed by atoms with Crippen molar-refractivity contribution in [1.82, 2.24) is 10.6 Å². The molecule has 10 heteroatoms. The Morgan fingerprint density at radius 3 is 2.47 bits per heavy atom. The van der Waals surface area contributed by atoms with Crippen LogP contribution in [0, 0.1) is 17.0 Å².